The van der Waals surface area contributed by atoms with Gasteiger partial charge >= 0.3 is 5.97 Å². The van der Waals surface area contributed by atoms with Crippen LogP contribution in [0.1, 0.15) is 25.1 Å². The second-order valence-electron chi connectivity index (χ2n) is 5.78. The van der Waals surface area contributed by atoms with Crippen molar-refractivity contribution in [1.29, 1.82) is 0 Å². The Bertz CT molecular complexity index is 562. The number of rotatable bonds is 4. The maximum atomic E-state index is 12.3. The molecule has 4 N–H and O–H groups in total. The first-order valence-corrected chi connectivity index (χ1v) is 7.13. The van der Waals surface area contributed by atoms with Crippen LogP contribution in [0.4, 0.5) is 5.95 Å². The van der Waals surface area contributed by atoms with Gasteiger partial charge in [0, 0.05) is 6.04 Å². The highest BCUT2D eigenvalue weighted by atomic mass is 35.5. The third-order valence-corrected chi connectivity index (χ3v) is 4.59. The van der Waals surface area contributed by atoms with E-state index in [0.29, 0.717) is 17.7 Å². The zero-order chi connectivity index (χ0) is 15.0. The number of aromatic amines is 1. The number of fused-ring (bicyclic) bond motifs is 2. The molecule has 9 heteroatoms. The number of methoxy groups -OCH3 is 1. The van der Waals surface area contributed by atoms with Crippen molar-refractivity contribution in [3.63, 3.8) is 0 Å². The smallest absolute Gasteiger partial charge is 0.313 e. The second kappa shape index (κ2) is 6.62. The Morgan fingerprint density at radius 1 is 1.41 bits per heavy atom. The first-order valence-electron chi connectivity index (χ1n) is 7.13. The molecule has 4 atom stereocenters. The van der Waals surface area contributed by atoms with Gasteiger partial charge in [0.1, 0.15) is 12.2 Å². The number of esters is 1. The van der Waals surface area contributed by atoms with Crippen molar-refractivity contribution in [2.75, 3.05) is 12.4 Å². The predicted octanol–water partition coefficient (Wildman–Crippen LogP) is 0.254. The Hall–Kier alpha value is -1.67. The van der Waals surface area contributed by atoms with Crippen molar-refractivity contribution < 1.29 is 14.3 Å². The molecule has 1 heterocycles. The minimum Gasteiger partial charge on any atom is -0.469 e. The fraction of sp³-hybridized carbons (Fsp3) is 0.692. The molecular weight excluding hydrogens is 310 g/mol. The molecule has 4 unspecified atom stereocenters. The topological polar surface area (TPSA) is 123 Å². The van der Waals surface area contributed by atoms with Crippen molar-refractivity contribution in [3.05, 3.63) is 5.82 Å². The van der Waals surface area contributed by atoms with E-state index in [9.17, 15) is 9.59 Å². The molecule has 8 nitrogen and oxygen atoms in total. The highest BCUT2D eigenvalue weighted by molar-refractivity contribution is 5.92. The van der Waals surface area contributed by atoms with E-state index in [0.717, 1.165) is 19.3 Å². The van der Waals surface area contributed by atoms with E-state index in [1.807, 2.05) is 0 Å². The monoisotopic (exact) mass is 329 g/mol. The van der Waals surface area contributed by atoms with Crippen LogP contribution in [-0.4, -0.2) is 40.2 Å². The van der Waals surface area contributed by atoms with Gasteiger partial charge in [0.05, 0.1) is 13.0 Å². The molecule has 0 spiro atoms. The number of nitrogens with one attached hydrogen (secondary N) is 2. The molecule has 0 aliphatic heterocycles. The standard InChI is InChI=1S/C13H19N5O3.ClH/c1-21-9(19)5-8-15-13(18-17-8)16-12(20)10-6-2-3-7(4-6)11(10)14;/h6-7,10-11H,2-5,14H2,1H3,(H2,15,16,17,18,20);1H. The number of amides is 1. The van der Waals surface area contributed by atoms with Gasteiger partial charge in [-0.05, 0) is 31.1 Å². The first-order chi connectivity index (χ1) is 10.1. The Labute approximate surface area is 134 Å². The fourth-order valence-electron chi connectivity index (χ4n) is 3.56. The fourth-order valence-corrected chi connectivity index (χ4v) is 3.56. The summed E-state index contributed by atoms with van der Waals surface area (Å²) < 4.78 is 4.54. The normalized spacial score (nSPS) is 29.0. The van der Waals surface area contributed by atoms with Gasteiger partial charge in [-0.2, -0.15) is 4.98 Å². The molecular formula is C13H20ClN5O3. The lowest BCUT2D eigenvalue weighted by atomic mass is 9.84. The van der Waals surface area contributed by atoms with Crippen LogP contribution in [-0.2, 0) is 20.7 Å². The summed E-state index contributed by atoms with van der Waals surface area (Å²) >= 11 is 0. The summed E-state index contributed by atoms with van der Waals surface area (Å²) in [6.07, 6.45) is 3.23. The number of carbonyl (C=O) groups is 2. The van der Waals surface area contributed by atoms with Crippen LogP contribution in [0, 0.1) is 17.8 Å². The second-order valence-corrected chi connectivity index (χ2v) is 5.78. The van der Waals surface area contributed by atoms with Gasteiger partial charge in [0.2, 0.25) is 11.9 Å². The van der Waals surface area contributed by atoms with Crippen LogP contribution < -0.4 is 11.1 Å². The number of halogens is 1. The van der Waals surface area contributed by atoms with Gasteiger partial charge < -0.3 is 10.5 Å². The largest absolute Gasteiger partial charge is 0.469 e. The van der Waals surface area contributed by atoms with Crippen molar-refractivity contribution in [1.82, 2.24) is 15.2 Å². The van der Waals surface area contributed by atoms with Gasteiger partial charge in [-0.1, -0.05) is 0 Å². The highest BCUT2D eigenvalue weighted by Crippen LogP contribution is 2.47. The molecule has 0 aromatic carbocycles. The van der Waals surface area contributed by atoms with Crippen molar-refractivity contribution in [3.8, 4) is 0 Å². The molecule has 122 valence electrons. The van der Waals surface area contributed by atoms with Gasteiger partial charge in [0.15, 0.2) is 0 Å². The van der Waals surface area contributed by atoms with Crippen molar-refractivity contribution in [2.24, 2.45) is 23.5 Å². The molecule has 2 bridgehead atoms. The zero-order valence-electron chi connectivity index (χ0n) is 12.2. The number of H-pyrrole nitrogens is 1. The summed E-state index contributed by atoms with van der Waals surface area (Å²) in [5.41, 5.74) is 6.14. The lowest BCUT2D eigenvalue weighted by molar-refractivity contribution is -0.139. The van der Waals surface area contributed by atoms with E-state index in [1.165, 1.54) is 7.11 Å². The Morgan fingerprint density at radius 3 is 2.77 bits per heavy atom. The molecule has 2 fully saturated rings. The third kappa shape index (κ3) is 3.07. The van der Waals surface area contributed by atoms with Crippen LogP contribution in [0.3, 0.4) is 0 Å². The summed E-state index contributed by atoms with van der Waals surface area (Å²) in [7, 11) is 1.30. The molecule has 0 radical (unpaired) electrons. The van der Waals surface area contributed by atoms with Gasteiger partial charge in [-0.3, -0.25) is 20.0 Å². The lowest BCUT2D eigenvalue weighted by Gasteiger charge is -2.26. The Morgan fingerprint density at radius 2 is 2.14 bits per heavy atom. The van der Waals surface area contributed by atoms with Crippen molar-refractivity contribution in [2.45, 2.75) is 31.7 Å². The molecule has 22 heavy (non-hydrogen) atoms. The van der Waals surface area contributed by atoms with Crippen molar-refractivity contribution >= 4 is 30.2 Å². The molecule has 2 aliphatic rings. The van der Waals surface area contributed by atoms with Crippen LogP contribution in [0.15, 0.2) is 0 Å². The summed E-state index contributed by atoms with van der Waals surface area (Å²) in [6, 6.07) is -0.0720. The molecule has 2 aliphatic carbocycles. The van der Waals surface area contributed by atoms with Crippen LogP contribution >= 0.6 is 12.4 Å². The van der Waals surface area contributed by atoms with E-state index >= 15 is 0 Å². The molecule has 0 saturated heterocycles. The maximum Gasteiger partial charge on any atom is 0.313 e. The summed E-state index contributed by atoms with van der Waals surface area (Å²) in [4.78, 5) is 27.5. The highest BCUT2D eigenvalue weighted by Gasteiger charge is 2.49. The number of nitrogens with two attached hydrogens (primary N) is 1. The average Bonchev–Trinajstić information content (AvgIpc) is 3.14. The lowest BCUT2D eigenvalue weighted by Crippen LogP contribution is -2.42. The third-order valence-electron chi connectivity index (χ3n) is 4.59. The zero-order valence-corrected chi connectivity index (χ0v) is 13.1. The molecule has 2 saturated carbocycles. The quantitative estimate of drug-likeness (QED) is 0.681. The number of hydrogen-bond donors (Lipinski definition) is 3. The van der Waals surface area contributed by atoms with E-state index in [-0.39, 0.29) is 42.6 Å². The van der Waals surface area contributed by atoms with Gasteiger partial charge in [-0.15, -0.1) is 17.5 Å². The van der Waals surface area contributed by atoms with E-state index < -0.39 is 5.97 Å². The number of carbonyl (C=O) groups excluding carboxylic acids is 2. The number of aromatic nitrogens is 3. The summed E-state index contributed by atoms with van der Waals surface area (Å²) in [5.74, 6) is 0.665. The number of ether oxygens (including phenoxy) is 1. The number of hydrogen-bond acceptors (Lipinski definition) is 6. The minimum absolute atomic E-state index is 0. The number of anilines is 1. The number of nitrogens with zero attached hydrogens (tertiary/aromatic N) is 2. The summed E-state index contributed by atoms with van der Waals surface area (Å²) in [5, 5.41) is 9.18. The molecule has 1 amide bonds. The molecule has 1 aromatic heterocycles. The van der Waals surface area contributed by atoms with E-state index in [4.69, 9.17) is 5.73 Å². The molecule has 1 aromatic rings. The summed E-state index contributed by atoms with van der Waals surface area (Å²) in [6.45, 7) is 0. The molecule has 3 rings (SSSR count). The first kappa shape index (κ1) is 16.7. The Balaban J connectivity index is 0.00000176. The maximum absolute atomic E-state index is 12.3. The van der Waals surface area contributed by atoms with Crippen LogP contribution in [0.5, 0.6) is 0 Å². The predicted molar refractivity (Wildman–Crippen MR) is 80.3 cm³/mol. The average molecular weight is 330 g/mol. The van der Waals surface area contributed by atoms with Crippen LogP contribution in [0.2, 0.25) is 0 Å². The minimum atomic E-state index is -0.417. The Kier molecular flexibility index (Phi) is 5.02. The van der Waals surface area contributed by atoms with Gasteiger partial charge in [0.25, 0.3) is 0 Å². The van der Waals surface area contributed by atoms with E-state index in [1.54, 1.807) is 0 Å². The SMILES string of the molecule is COC(=O)Cc1nc(NC(=O)C2C3CCC(C3)C2N)n[nH]1.Cl. The van der Waals surface area contributed by atoms with Crippen LogP contribution in [0.25, 0.3) is 0 Å². The van der Waals surface area contributed by atoms with Gasteiger partial charge in [-0.25, -0.2) is 0 Å². The van der Waals surface area contributed by atoms with E-state index in [2.05, 4.69) is 25.2 Å².